The molecule has 0 amide bonds. The van der Waals surface area contributed by atoms with E-state index in [4.69, 9.17) is 0 Å². The molecule has 0 unspecified atom stereocenters. The fourth-order valence-corrected chi connectivity index (χ4v) is 3.86. The van der Waals surface area contributed by atoms with Crippen LogP contribution >= 0.6 is 0 Å². The van der Waals surface area contributed by atoms with Crippen LogP contribution in [-0.4, -0.2) is 10.7 Å². The van der Waals surface area contributed by atoms with Crippen molar-refractivity contribution in [3.05, 3.63) is 130 Å². The SMILES string of the molecule is CC(C)=CCC/C(C)=C/C=C\C(C)=C/C=C\C(C)=C/C=C/C=C(C)/C=C/C=C(\C)CC/C=C(/C)CCCC(C)(C)O. The molecule has 0 aromatic heterocycles. The summed E-state index contributed by atoms with van der Waals surface area (Å²) in [5.41, 5.74) is 8.72. The summed E-state index contributed by atoms with van der Waals surface area (Å²) >= 11 is 0. The molecule has 1 nitrogen and oxygen atoms in total. The van der Waals surface area contributed by atoms with Crippen LogP contribution < -0.4 is 0 Å². The second kappa shape index (κ2) is 22.8. The molecule has 226 valence electrons. The predicted octanol–water partition coefficient (Wildman–Crippen LogP) is 12.4. The molecule has 1 heteroatoms. The minimum Gasteiger partial charge on any atom is -0.390 e. The third-order valence-corrected chi connectivity index (χ3v) is 6.51. The standard InChI is InChI=1S/C40H60O/c1-33(2)19-13-22-36(5)25-16-28-37(6)26-14-23-34(3)20-11-12-21-35(4)24-15-27-38(7)29-17-30-39(8)31-18-32-40(9,10)41/h11-12,14-16,19-21,23-28,30,41H,13,17-18,22,29,31-32H2,1-10H3/b12-11+,23-14-,24-15+,28-16-,34-20-,35-21+,36-25+,37-26-,38-27+,39-30-. The predicted molar refractivity (Wildman–Crippen MR) is 187 cm³/mol. The zero-order chi connectivity index (χ0) is 31.1. The lowest BCUT2D eigenvalue weighted by Crippen LogP contribution is -2.17. The highest BCUT2D eigenvalue weighted by atomic mass is 16.3. The van der Waals surface area contributed by atoms with Gasteiger partial charge in [-0.25, -0.2) is 0 Å². The normalized spacial score (nSPS) is 15.4. The van der Waals surface area contributed by atoms with Crippen LogP contribution in [0.15, 0.2) is 130 Å². The quantitative estimate of drug-likeness (QED) is 0.131. The molecule has 0 aliphatic rings. The fraction of sp³-hybridized carbons (Fsp3) is 0.450. The van der Waals surface area contributed by atoms with Gasteiger partial charge in [-0.2, -0.15) is 0 Å². The third-order valence-electron chi connectivity index (χ3n) is 6.51. The third kappa shape index (κ3) is 27.1. The van der Waals surface area contributed by atoms with Gasteiger partial charge in [-0.05, 0) is 114 Å². The smallest absolute Gasteiger partial charge is 0.0591 e. The molecule has 1 N–H and O–H groups in total. The van der Waals surface area contributed by atoms with Crippen LogP contribution in [0.25, 0.3) is 0 Å². The molecule has 0 rings (SSSR count). The van der Waals surface area contributed by atoms with Crippen molar-refractivity contribution in [1.82, 2.24) is 0 Å². The van der Waals surface area contributed by atoms with Gasteiger partial charge in [0.2, 0.25) is 0 Å². The highest BCUT2D eigenvalue weighted by molar-refractivity contribution is 5.31. The number of hydrogen-bond acceptors (Lipinski definition) is 1. The Morgan fingerprint density at radius 1 is 0.512 bits per heavy atom. The Morgan fingerprint density at radius 2 is 0.927 bits per heavy atom. The minimum absolute atomic E-state index is 0.557. The van der Waals surface area contributed by atoms with Crippen molar-refractivity contribution in [1.29, 1.82) is 0 Å². The van der Waals surface area contributed by atoms with Crippen molar-refractivity contribution in [2.75, 3.05) is 0 Å². The molecule has 0 radical (unpaired) electrons. The first-order valence-corrected chi connectivity index (χ1v) is 15.3. The lowest BCUT2D eigenvalue weighted by molar-refractivity contribution is 0.0689. The van der Waals surface area contributed by atoms with Gasteiger partial charge in [0.05, 0.1) is 5.60 Å². The zero-order valence-corrected chi connectivity index (χ0v) is 28.1. The Kier molecular flexibility index (Phi) is 21.1. The summed E-state index contributed by atoms with van der Waals surface area (Å²) < 4.78 is 0. The van der Waals surface area contributed by atoms with Crippen molar-refractivity contribution >= 4 is 0 Å². The largest absolute Gasteiger partial charge is 0.390 e. The summed E-state index contributed by atoms with van der Waals surface area (Å²) in [5.74, 6) is 0. The molecule has 0 saturated heterocycles. The van der Waals surface area contributed by atoms with E-state index >= 15 is 0 Å². The molecule has 0 aliphatic heterocycles. The molecule has 41 heavy (non-hydrogen) atoms. The maximum Gasteiger partial charge on any atom is 0.0591 e. The molecule has 0 aromatic carbocycles. The summed E-state index contributed by atoms with van der Waals surface area (Å²) in [6.07, 6.45) is 39.8. The van der Waals surface area contributed by atoms with Gasteiger partial charge in [0, 0.05) is 0 Å². The molecular formula is C40H60O. The first-order valence-electron chi connectivity index (χ1n) is 15.3. The number of rotatable bonds is 18. The van der Waals surface area contributed by atoms with Crippen molar-refractivity contribution in [3.8, 4) is 0 Å². The second-order valence-electron chi connectivity index (χ2n) is 12.3. The topological polar surface area (TPSA) is 20.2 Å². The van der Waals surface area contributed by atoms with Crippen LogP contribution in [0.4, 0.5) is 0 Å². The molecule has 0 saturated carbocycles. The van der Waals surface area contributed by atoms with E-state index in [0.717, 1.165) is 44.9 Å². The average Bonchev–Trinajstić information content (AvgIpc) is 2.85. The summed E-state index contributed by atoms with van der Waals surface area (Å²) in [6, 6.07) is 0. The molecule has 0 bridgehead atoms. The van der Waals surface area contributed by atoms with Gasteiger partial charge < -0.3 is 5.11 Å². The van der Waals surface area contributed by atoms with Gasteiger partial charge in [0.1, 0.15) is 0 Å². The maximum absolute atomic E-state index is 9.83. The van der Waals surface area contributed by atoms with Crippen LogP contribution in [0.3, 0.4) is 0 Å². The lowest BCUT2D eigenvalue weighted by Gasteiger charge is -2.16. The van der Waals surface area contributed by atoms with E-state index in [-0.39, 0.29) is 0 Å². The summed E-state index contributed by atoms with van der Waals surface area (Å²) in [5, 5.41) is 9.83. The molecule has 0 aromatic rings. The Bertz CT molecular complexity index is 1090. The van der Waals surface area contributed by atoms with Gasteiger partial charge in [-0.3, -0.25) is 0 Å². The zero-order valence-electron chi connectivity index (χ0n) is 28.1. The first kappa shape index (κ1) is 38.1. The van der Waals surface area contributed by atoms with Crippen LogP contribution in [-0.2, 0) is 0 Å². The van der Waals surface area contributed by atoms with Crippen LogP contribution in [0.5, 0.6) is 0 Å². The maximum atomic E-state index is 9.83. The molecule has 0 atom stereocenters. The lowest BCUT2D eigenvalue weighted by atomic mass is 9.99. The van der Waals surface area contributed by atoms with Gasteiger partial charge in [-0.15, -0.1) is 0 Å². The highest BCUT2D eigenvalue weighted by Gasteiger charge is 2.11. The summed E-state index contributed by atoms with van der Waals surface area (Å²) in [7, 11) is 0. The molecular weight excluding hydrogens is 496 g/mol. The number of aliphatic hydroxyl groups is 1. The fourth-order valence-electron chi connectivity index (χ4n) is 3.86. The van der Waals surface area contributed by atoms with Crippen molar-refractivity contribution in [3.63, 3.8) is 0 Å². The van der Waals surface area contributed by atoms with Crippen molar-refractivity contribution in [2.45, 2.75) is 120 Å². The summed E-state index contributed by atoms with van der Waals surface area (Å²) in [6.45, 7) is 21.0. The molecule has 0 heterocycles. The Hall–Kier alpha value is -2.90. The van der Waals surface area contributed by atoms with E-state index in [9.17, 15) is 5.11 Å². The summed E-state index contributed by atoms with van der Waals surface area (Å²) in [4.78, 5) is 0. The van der Waals surface area contributed by atoms with Gasteiger partial charge in [0.15, 0.2) is 0 Å². The molecule has 0 spiro atoms. The van der Waals surface area contributed by atoms with Crippen molar-refractivity contribution < 1.29 is 5.11 Å². The van der Waals surface area contributed by atoms with Crippen molar-refractivity contribution in [2.24, 2.45) is 0 Å². The van der Waals surface area contributed by atoms with Crippen LogP contribution in [0.2, 0.25) is 0 Å². The Morgan fingerprint density at radius 3 is 1.37 bits per heavy atom. The highest BCUT2D eigenvalue weighted by Crippen LogP contribution is 2.16. The van der Waals surface area contributed by atoms with Gasteiger partial charge >= 0.3 is 0 Å². The minimum atomic E-state index is -0.557. The van der Waals surface area contributed by atoms with E-state index in [1.54, 1.807) is 0 Å². The van der Waals surface area contributed by atoms with Gasteiger partial charge in [-0.1, -0.05) is 130 Å². The van der Waals surface area contributed by atoms with E-state index in [0.29, 0.717) is 0 Å². The first-order chi connectivity index (χ1) is 19.3. The van der Waals surface area contributed by atoms with Gasteiger partial charge in [0.25, 0.3) is 0 Å². The Balaban J connectivity index is 4.58. The Labute approximate surface area is 254 Å². The van der Waals surface area contributed by atoms with E-state index in [1.807, 2.05) is 13.8 Å². The molecule has 0 fully saturated rings. The van der Waals surface area contributed by atoms with E-state index in [2.05, 4.69) is 147 Å². The molecule has 0 aliphatic carbocycles. The van der Waals surface area contributed by atoms with E-state index < -0.39 is 5.60 Å². The second-order valence-corrected chi connectivity index (χ2v) is 12.3. The number of allylic oxidation sites excluding steroid dienone is 22. The number of hydrogen-bond donors (Lipinski definition) is 1. The van der Waals surface area contributed by atoms with Crippen LogP contribution in [0.1, 0.15) is 114 Å². The van der Waals surface area contributed by atoms with Crippen LogP contribution in [0, 0.1) is 0 Å². The average molecular weight is 557 g/mol. The van der Waals surface area contributed by atoms with E-state index in [1.165, 1.54) is 39.0 Å². The monoisotopic (exact) mass is 556 g/mol.